The number of halogens is 8. The van der Waals surface area contributed by atoms with Gasteiger partial charge in [0.25, 0.3) is 11.4 Å². The number of fused-ring (bicyclic) bond motifs is 5. The van der Waals surface area contributed by atoms with Crippen molar-refractivity contribution < 1.29 is 50.5 Å². The van der Waals surface area contributed by atoms with Crippen LogP contribution >= 0.6 is 23.2 Å². The molecule has 2 amide bonds. The largest absolute Gasteiger partial charge is 0.456 e. The minimum Gasteiger partial charge on any atom is -0.456 e. The number of nitro benzene ring substituents is 2. The minimum absolute atomic E-state index is 0.0264. The van der Waals surface area contributed by atoms with Gasteiger partial charge in [0.15, 0.2) is 0 Å². The van der Waals surface area contributed by atoms with E-state index in [1.165, 1.54) is 80.6 Å². The van der Waals surface area contributed by atoms with Gasteiger partial charge in [-0.3, -0.25) is 20.2 Å². The molecule has 1 N–H and O–H groups in total. The molecule has 3 aliphatic carbocycles. The molecule has 11 nitrogen and oxygen atoms in total. The Labute approximate surface area is 338 Å². The zero-order valence-electron chi connectivity index (χ0n) is 30.7. The second-order valence-electron chi connectivity index (χ2n) is 14.1. The number of benzene rings is 4. The Kier molecular flexibility index (Phi) is 13.7. The summed E-state index contributed by atoms with van der Waals surface area (Å²) in [7, 11) is 3.64. The van der Waals surface area contributed by atoms with E-state index in [1.54, 1.807) is 4.90 Å². The molecular weight excluding hydrogens is 821 g/mol. The molecule has 0 radical (unpaired) electrons. The van der Waals surface area contributed by atoms with Gasteiger partial charge in [-0.25, -0.2) is 4.79 Å². The fourth-order valence-electron chi connectivity index (χ4n) is 7.57. The topological polar surface area (TPSA) is 137 Å². The van der Waals surface area contributed by atoms with Gasteiger partial charge < -0.3 is 19.7 Å². The molecule has 5 unspecified atom stereocenters. The summed E-state index contributed by atoms with van der Waals surface area (Å²) in [6, 6.07) is 16.1. The quantitative estimate of drug-likeness (QED) is 0.111. The van der Waals surface area contributed by atoms with Crippen LogP contribution in [0.3, 0.4) is 0 Å². The highest BCUT2D eigenvalue weighted by molar-refractivity contribution is 6.32. The van der Waals surface area contributed by atoms with Crippen molar-refractivity contribution in [1.82, 2.24) is 10.2 Å². The highest BCUT2D eigenvalue weighted by atomic mass is 35.5. The number of nitrogens with one attached hydrogen (secondary N) is 1. The van der Waals surface area contributed by atoms with Gasteiger partial charge in [0, 0.05) is 44.4 Å². The molecule has 4 aromatic carbocycles. The zero-order chi connectivity index (χ0) is 42.5. The average Bonchev–Trinajstić information content (AvgIpc) is 3.89. The molecule has 5 atom stereocenters. The second kappa shape index (κ2) is 18.1. The van der Waals surface area contributed by atoms with Gasteiger partial charge in [-0.2, -0.15) is 26.3 Å². The van der Waals surface area contributed by atoms with Crippen LogP contribution in [0.15, 0.2) is 84.9 Å². The molecule has 7 rings (SSSR count). The molecule has 19 heteroatoms. The number of alkyl halides is 6. The monoisotopic (exact) mass is 856 g/mol. The number of nitrogens with zero attached hydrogens (tertiary/aromatic N) is 3. The number of carbonyl (C=O) groups is 1. The summed E-state index contributed by atoms with van der Waals surface area (Å²) in [6.07, 6.45) is -2.05. The third kappa shape index (κ3) is 11.0. The lowest BCUT2D eigenvalue weighted by Crippen LogP contribution is -2.46. The predicted octanol–water partition coefficient (Wildman–Crippen LogP) is 12.2. The van der Waals surface area contributed by atoms with Gasteiger partial charge in [-0.05, 0) is 110 Å². The molecule has 58 heavy (non-hydrogen) atoms. The Morgan fingerprint density at radius 2 is 1.12 bits per heavy atom. The summed E-state index contributed by atoms with van der Waals surface area (Å²) in [6.45, 7) is 0. The number of rotatable bonds is 7. The number of amides is 2. The summed E-state index contributed by atoms with van der Waals surface area (Å²) in [5.41, 5.74) is -2.02. The van der Waals surface area contributed by atoms with Crippen molar-refractivity contribution in [3.63, 3.8) is 0 Å². The molecule has 310 valence electrons. The highest BCUT2D eigenvalue weighted by Gasteiger charge is 2.54. The molecular formula is C39H36Cl2F6N4O7. The number of carbonyl (C=O) groups excluding carboxylic acids is 1. The molecule has 0 spiro atoms. The number of ether oxygens (including phenoxy) is 2. The van der Waals surface area contributed by atoms with Crippen molar-refractivity contribution in [3.8, 4) is 23.0 Å². The SMILES string of the molecule is CN(C)C(=O)NC1CC2CC1C1CCCC21.O=[N+]([O-])c1ccc(Oc2ccc(C(F)(F)F)cc2Cl)cc1.O=[N+]([O-])c1ccc(Oc2ccc(C(F)(F)F)cc2Cl)cc1. The molecule has 2 bridgehead atoms. The van der Waals surface area contributed by atoms with E-state index >= 15 is 0 Å². The lowest BCUT2D eigenvalue weighted by Gasteiger charge is -2.32. The van der Waals surface area contributed by atoms with E-state index in [0.717, 1.165) is 60.1 Å². The van der Waals surface area contributed by atoms with E-state index in [9.17, 15) is 51.4 Å². The van der Waals surface area contributed by atoms with Crippen molar-refractivity contribution in [2.24, 2.45) is 23.7 Å². The maximum Gasteiger partial charge on any atom is 0.416 e. The molecule has 0 aliphatic heterocycles. The van der Waals surface area contributed by atoms with Crippen LogP contribution in [0.25, 0.3) is 0 Å². The summed E-state index contributed by atoms with van der Waals surface area (Å²) in [4.78, 5) is 33.2. The van der Waals surface area contributed by atoms with Crippen LogP contribution in [0.2, 0.25) is 10.0 Å². The third-order valence-corrected chi connectivity index (χ3v) is 10.8. The molecule has 3 fully saturated rings. The normalized spacial score (nSPS) is 20.4. The summed E-state index contributed by atoms with van der Waals surface area (Å²) in [5.74, 6) is 4.16. The van der Waals surface area contributed by atoms with E-state index in [4.69, 9.17) is 32.7 Å². The van der Waals surface area contributed by atoms with Gasteiger partial charge in [0.2, 0.25) is 0 Å². The van der Waals surface area contributed by atoms with Crippen LogP contribution in [0.5, 0.6) is 23.0 Å². The summed E-state index contributed by atoms with van der Waals surface area (Å²) in [5, 5.41) is 23.8. The first kappa shape index (κ1) is 43.8. The highest BCUT2D eigenvalue weighted by Crippen LogP contribution is 2.58. The maximum atomic E-state index is 12.5. The van der Waals surface area contributed by atoms with Crippen LogP contribution in [0, 0.1) is 43.9 Å². The molecule has 0 heterocycles. The summed E-state index contributed by atoms with van der Waals surface area (Å²) >= 11 is 11.5. The first-order valence-electron chi connectivity index (χ1n) is 17.8. The number of nitro groups is 2. The first-order chi connectivity index (χ1) is 27.2. The molecule has 0 saturated heterocycles. The average molecular weight is 858 g/mol. The fraction of sp³-hybridized carbons (Fsp3) is 0.359. The Balaban J connectivity index is 0.000000167. The lowest BCUT2D eigenvalue weighted by molar-refractivity contribution is -0.385. The molecule has 0 aromatic heterocycles. The third-order valence-electron chi connectivity index (χ3n) is 10.2. The number of urea groups is 1. The Morgan fingerprint density at radius 3 is 1.50 bits per heavy atom. The van der Waals surface area contributed by atoms with E-state index in [0.29, 0.717) is 6.04 Å². The minimum atomic E-state index is -4.49. The van der Waals surface area contributed by atoms with Crippen molar-refractivity contribution in [2.45, 2.75) is 50.5 Å². The van der Waals surface area contributed by atoms with Gasteiger partial charge in [-0.15, -0.1) is 0 Å². The van der Waals surface area contributed by atoms with E-state index in [2.05, 4.69) is 5.32 Å². The standard InChI is InChI=1S/2C13H7ClF3NO3.C13H22N2O/c2*14-11-7-8(13(15,16)17)1-6-12(11)21-10-4-2-9(3-5-10)18(19)20;1-15(2)13(16)14-12-7-8-6-11(12)10-5-3-4-9(8)10/h2*1-7H;8-12H,3-7H2,1-2H3,(H,14,16). The molecule has 3 saturated carbocycles. The lowest BCUT2D eigenvalue weighted by atomic mass is 9.79. The first-order valence-corrected chi connectivity index (χ1v) is 18.5. The molecule has 4 aromatic rings. The van der Waals surface area contributed by atoms with Gasteiger partial charge in [0.05, 0.1) is 31.0 Å². The van der Waals surface area contributed by atoms with Crippen LogP contribution in [-0.2, 0) is 12.4 Å². The van der Waals surface area contributed by atoms with Crippen molar-refractivity contribution in [3.05, 3.63) is 126 Å². The number of hydrogen-bond donors (Lipinski definition) is 1. The van der Waals surface area contributed by atoms with Crippen LogP contribution < -0.4 is 14.8 Å². The fourth-order valence-corrected chi connectivity index (χ4v) is 8.01. The van der Waals surface area contributed by atoms with Crippen LogP contribution in [0.4, 0.5) is 42.5 Å². The van der Waals surface area contributed by atoms with Gasteiger partial charge >= 0.3 is 18.4 Å². The van der Waals surface area contributed by atoms with Gasteiger partial charge in [-0.1, -0.05) is 29.6 Å². The van der Waals surface area contributed by atoms with E-state index in [-0.39, 0.29) is 50.4 Å². The number of hydrogen-bond acceptors (Lipinski definition) is 7. The predicted molar refractivity (Wildman–Crippen MR) is 202 cm³/mol. The number of non-ortho nitro benzene ring substituents is 2. The van der Waals surface area contributed by atoms with Crippen molar-refractivity contribution in [2.75, 3.05) is 14.1 Å². The molecule has 3 aliphatic rings. The Morgan fingerprint density at radius 1 is 0.690 bits per heavy atom. The Hall–Kier alpha value is -5.29. The van der Waals surface area contributed by atoms with E-state index in [1.807, 2.05) is 14.1 Å². The van der Waals surface area contributed by atoms with Gasteiger partial charge in [0.1, 0.15) is 23.0 Å². The van der Waals surface area contributed by atoms with Crippen molar-refractivity contribution in [1.29, 1.82) is 0 Å². The van der Waals surface area contributed by atoms with Crippen LogP contribution in [-0.4, -0.2) is 40.9 Å². The smallest absolute Gasteiger partial charge is 0.416 e. The van der Waals surface area contributed by atoms with Crippen LogP contribution in [0.1, 0.15) is 43.2 Å². The Bertz CT molecular complexity index is 1990. The zero-order valence-corrected chi connectivity index (χ0v) is 32.2. The summed E-state index contributed by atoms with van der Waals surface area (Å²) < 4.78 is 85.5. The maximum absolute atomic E-state index is 12.5. The van der Waals surface area contributed by atoms with Crippen molar-refractivity contribution >= 4 is 40.6 Å². The second-order valence-corrected chi connectivity index (χ2v) is 14.9. The van der Waals surface area contributed by atoms with E-state index < -0.39 is 33.3 Å².